The van der Waals surface area contributed by atoms with E-state index in [0.29, 0.717) is 23.7 Å². The molecule has 1 heterocycles. The van der Waals surface area contributed by atoms with Crippen molar-refractivity contribution in [1.29, 1.82) is 0 Å². The number of benzene rings is 1. The van der Waals surface area contributed by atoms with Gasteiger partial charge in [0, 0.05) is 25.7 Å². The Kier molecular flexibility index (Phi) is 5.08. The molecule has 0 unspecified atom stereocenters. The van der Waals surface area contributed by atoms with Gasteiger partial charge in [-0.15, -0.1) is 0 Å². The van der Waals surface area contributed by atoms with Gasteiger partial charge in [-0.2, -0.15) is 0 Å². The second-order valence-corrected chi connectivity index (χ2v) is 4.54. The summed E-state index contributed by atoms with van der Waals surface area (Å²) in [5, 5.41) is 2.72. The lowest BCUT2D eigenvalue weighted by molar-refractivity contribution is -0.119. The minimum atomic E-state index is -0.448. The summed E-state index contributed by atoms with van der Waals surface area (Å²) in [4.78, 5) is 26.3. The molecule has 2 aromatic rings. The van der Waals surface area contributed by atoms with Crippen molar-refractivity contribution in [2.24, 2.45) is 0 Å². The highest BCUT2D eigenvalue weighted by atomic mass is 16.5. The zero-order chi connectivity index (χ0) is 15.9. The summed E-state index contributed by atoms with van der Waals surface area (Å²) in [6.45, 7) is 1.90. The van der Waals surface area contributed by atoms with Crippen molar-refractivity contribution in [3.63, 3.8) is 0 Å². The van der Waals surface area contributed by atoms with Gasteiger partial charge in [-0.1, -0.05) is 12.1 Å². The quantitative estimate of drug-likeness (QED) is 0.857. The fourth-order valence-electron chi connectivity index (χ4n) is 1.75. The molecule has 0 saturated carbocycles. The summed E-state index contributed by atoms with van der Waals surface area (Å²) in [6, 6.07) is 10.5. The number of aromatic nitrogens is 1. The number of hydrogen-bond acceptors (Lipinski definition) is 5. The van der Waals surface area contributed by atoms with Crippen LogP contribution in [0.4, 0.5) is 0 Å². The van der Waals surface area contributed by atoms with Gasteiger partial charge in [0.15, 0.2) is 0 Å². The van der Waals surface area contributed by atoms with E-state index in [1.807, 2.05) is 18.2 Å². The van der Waals surface area contributed by atoms with Crippen molar-refractivity contribution in [3.8, 4) is 11.6 Å². The third-order valence-electron chi connectivity index (χ3n) is 2.82. The Labute approximate surface area is 128 Å². The standard InChI is InChI=1S/C16H16N2O4/c1-11(19)17-9-12-4-3-5-14(8-12)22-15-7-6-13(10-18-15)16(20)21-2/h3-8,10H,9H2,1-2H3,(H,17,19). The summed E-state index contributed by atoms with van der Waals surface area (Å²) in [5.41, 5.74) is 1.27. The van der Waals surface area contributed by atoms with Gasteiger partial charge in [-0.05, 0) is 23.8 Å². The van der Waals surface area contributed by atoms with Gasteiger partial charge in [0.1, 0.15) is 5.75 Å². The van der Waals surface area contributed by atoms with Crippen LogP contribution in [0.25, 0.3) is 0 Å². The SMILES string of the molecule is COC(=O)c1ccc(Oc2cccc(CNC(C)=O)c2)nc1. The molecule has 6 nitrogen and oxygen atoms in total. The molecule has 1 aromatic heterocycles. The maximum Gasteiger partial charge on any atom is 0.339 e. The maximum absolute atomic E-state index is 11.3. The summed E-state index contributed by atoms with van der Waals surface area (Å²) in [7, 11) is 1.31. The number of amides is 1. The van der Waals surface area contributed by atoms with Crippen LogP contribution < -0.4 is 10.1 Å². The molecule has 0 bridgehead atoms. The molecule has 0 radical (unpaired) electrons. The highest BCUT2D eigenvalue weighted by Crippen LogP contribution is 2.20. The van der Waals surface area contributed by atoms with Crippen LogP contribution in [0.3, 0.4) is 0 Å². The fourth-order valence-corrected chi connectivity index (χ4v) is 1.75. The fraction of sp³-hybridized carbons (Fsp3) is 0.188. The van der Waals surface area contributed by atoms with Crippen LogP contribution in [-0.2, 0) is 16.1 Å². The molecule has 0 saturated heterocycles. The number of nitrogens with zero attached hydrogens (tertiary/aromatic N) is 1. The summed E-state index contributed by atoms with van der Waals surface area (Å²) in [5.74, 6) is 0.424. The zero-order valence-corrected chi connectivity index (χ0v) is 12.3. The average molecular weight is 300 g/mol. The molecular weight excluding hydrogens is 284 g/mol. The molecular formula is C16H16N2O4. The van der Waals surface area contributed by atoms with Crippen molar-refractivity contribution in [1.82, 2.24) is 10.3 Å². The van der Waals surface area contributed by atoms with Gasteiger partial charge >= 0.3 is 5.97 Å². The summed E-state index contributed by atoms with van der Waals surface area (Å²) >= 11 is 0. The third kappa shape index (κ3) is 4.31. The maximum atomic E-state index is 11.3. The van der Waals surface area contributed by atoms with E-state index in [1.165, 1.54) is 20.2 Å². The topological polar surface area (TPSA) is 77.5 Å². The number of rotatable bonds is 5. The van der Waals surface area contributed by atoms with Gasteiger partial charge in [-0.3, -0.25) is 4.79 Å². The Hall–Kier alpha value is -2.89. The van der Waals surface area contributed by atoms with Crippen molar-refractivity contribution < 1.29 is 19.1 Å². The van der Waals surface area contributed by atoms with Crippen LogP contribution in [0.5, 0.6) is 11.6 Å². The minimum absolute atomic E-state index is 0.0913. The lowest BCUT2D eigenvalue weighted by Crippen LogP contribution is -2.18. The van der Waals surface area contributed by atoms with E-state index in [4.69, 9.17) is 4.74 Å². The molecule has 114 valence electrons. The zero-order valence-electron chi connectivity index (χ0n) is 12.3. The molecule has 1 amide bonds. The summed E-state index contributed by atoms with van der Waals surface area (Å²) < 4.78 is 10.2. The van der Waals surface area contributed by atoms with E-state index in [2.05, 4.69) is 15.0 Å². The molecule has 22 heavy (non-hydrogen) atoms. The molecule has 1 aromatic carbocycles. The van der Waals surface area contributed by atoms with E-state index < -0.39 is 5.97 Å². The van der Waals surface area contributed by atoms with Crippen LogP contribution >= 0.6 is 0 Å². The molecule has 6 heteroatoms. The number of ether oxygens (including phenoxy) is 2. The Bertz CT molecular complexity index is 668. The van der Waals surface area contributed by atoms with Gasteiger partial charge in [0.2, 0.25) is 11.8 Å². The second-order valence-electron chi connectivity index (χ2n) is 4.54. The largest absolute Gasteiger partial charge is 0.465 e. The average Bonchev–Trinajstić information content (AvgIpc) is 2.53. The predicted octanol–water partition coefficient (Wildman–Crippen LogP) is 2.30. The van der Waals surface area contributed by atoms with Gasteiger partial charge in [0.05, 0.1) is 12.7 Å². The smallest absolute Gasteiger partial charge is 0.339 e. The Morgan fingerprint density at radius 3 is 2.68 bits per heavy atom. The number of methoxy groups -OCH3 is 1. The predicted molar refractivity (Wildman–Crippen MR) is 79.6 cm³/mol. The van der Waals surface area contributed by atoms with Crippen LogP contribution in [-0.4, -0.2) is 24.0 Å². The van der Waals surface area contributed by atoms with E-state index in [1.54, 1.807) is 18.2 Å². The molecule has 0 fully saturated rings. The highest BCUT2D eigenvalue weighted by molar-refractivity contribution is 5.88. The monoisotopic (exact) mass is 300 g/mol. The van der Waals surface area contributed by atoms with Crippen molar-refractivity contribution in [2.75, 3.05) is 7.11 Å². The van der Waals surface area contributed by atoms with Crippen molar-refractivity contribution in [3.05, 3.63) is 53.7 Å². The Morgan fingerprint density at radius 2 is 2.05 bits per heavy atom. The molecule has 0 aliphatic rings. The lowest BCUT2D eigenvalue weighted by atomic mass is 10.2. The first-order chi connectivity index (χ1) is 10.6. The van der Waals surface area contributed by atoms with Crippen LogP contribution in [0, 0.1) is 0 Å². The molecule has 0 aliphatic carbocycles. The highest BCUT2D eigenvalue weighted by Gasteiger charge is 2.06. The molecule has 1 N–H and O–H groups in total. The number of hydrogen-bond donors (Lipinski definition) is 1. The van der Waals surface area contributed by atoms with Gasteiger partial charge in [-0.25, -0.2) is 9.78 Å². The third-order valence-corrected chi connectivity index (χ3v) is 2.82. The number of pyridine rings is 1. The first-order valence-electron chi connectivity index (χ1n) is 6.64. The number of carbonyl (C=O) groups is 2. The first-order valence-corrected chi connectivity index (χ1v) is 6.64. The Morgan fingerprint density at radius 1 is 1.23 bits per heavy atom. The van der Waals surface area contributed by atoms with Crippen molar-refractivity contribution in [2.45, 2.75) is 13.5 Å². The molecule has 0 atom stereocenters. The van der Waals surface area contributed by atoms with Crippen molar-refractivity contribution >= 4 is 11.9 Å². The minimum Gasteiger partial charge on any atom is -0.465 e. The lowest BCUT2D eigenvalue weighted by Gasteiger charge is -2.08. The second kappa shape index (κ2) is 7.21. The van der Waals surface area contributed by atoms with E-state index in [-0.39, 0.29) is 5.91 Å². The van der Waals surface area contributed by atoms with E-state index >= 15 is 0 Å². The molecule has 0 spiro atoms. The van der Waals surface area contributed by atoms with Gasteiger partial charge in [0.25, 0.3) is 0 Å². The normalized spacial score (nSPS) is 9.91. The van der Waals surface area contributed by atoms with E-state index in [0.717, 1.165) is 5.56 Å². The number of esters is 1. The van der Waals surface area contributed by atoms with Crippen LogP contribution in [0.15, 0.2) is 42.6 Å². The first kappa shape index (κ1) is 15.5. The van der Waals surface area contributed by atoms with Crippen LogP contribution in [0.1, 0.15) is 22.8 Å². The van der Waals surface area contributed by atoms with E-state index in [9.17, 15) is 9.59 Å². The van der Waals surface area contributed by atoms with Gasteiger partial charge < -0.3 is 14.8 Å². The Balaban J connectivity index is 2.05. The summed E-state index contributed by atoms with van der Waals surface area (Å²) in [6.07, 6.45) is 1.39. The van der Waals surface area contributed by atoms with Crippen LogP contribution in [0.2, 0.25) is 0 Å². The number of nitrogens with one attached hydrogen (secondary N) is 1. The number of carbonyl (C=O) groups excluding carboxylic acids is 2. The molecule has 0 aliphatic heterocycles. The molecule has 2 rings (SSSR count).